The Kier molecular flexibility index (Phi) is 6.67. The van der Waals surface area contributed by atoms with E-state index in [-0.39, 0.29) is 28.4 Å². The van der Waals surface area contributed by atoms with Gasteiger partial charge in [-0.05, 0) is 18.6 Å². The van der Waals surface area contributed by atoms with E-state index < -0.39 is 18.2 Å². The first kappa shape index (κ1) is 17.5. The number of benzene rings is 1. The number of phenolic OH excluding ortho intramolecular Hbond substituents is 1. The third kappa shape index (κ3) is 5.04. The van der Waals surface area contributed by atoms with Crippen molar-refractivity contribution in [2.24, 2.45) is 0 Å². The summed E-state index contributed by atoms with van der Waals surface area (Å²) in [5.41, 5.74) is 0.260. The number of hydrogen-bond donors (Lipinski definition) is 3. The van der Waals surface area contributed by atoms with Crippen LogP contribution in [0.1, 0.15) is 35.4 Å². The zero-order valence-corrected chi connectivity index (χ0v) is 12.6. The number of carbonyl (C=O) groups is 2. The van der Waals surface area contributed by atoms with E-state index in [4.69, 9.17) is 0 Å². The van der Waals surface area contributed by atoms with Crippen LogP contribution in [0.3, 0.4) is 0 Å². The number of hydrogen-bond acceptors (Lipinski definition) is 7. The minimum atomic E-state index is -1.30. The highest BCUT2D eigenvalue weighted by atomic mass is 32.2. The van der Waals surface area contributed by atoms with Crippen molar-refractivity contribution >= 4 is 22.8 Å². The van der Waals surface area contributed by atoms with Gasteiger partial charge in [0.2, 0.25) is 0 Å². The molecule has 1 rings (SSSR count). The quantitative estimate of drug-likeness (QED) is 0.679. The highest BCUT2D eigenvalue weighted by Crippen LogP contribution is 2.29. The smallest absolute Gasteiger partial charge is 0.337 e. The van der Waals surface area contributed by atoms with E-state index in [0.29, 0.717) is 5.75 Å². The summed E-state index contributed by atoms with van der Waals surface area (Å²) in [5, 5.41) is 29.6. The van der Waals surface area contributed by atoms with Crippen molar-refractivity contribution in [3.8, 4) is 5.75 Å². The van der Waals surface area contributed by atoms with Crippen molar-refractivity contribution in [2.75, 3.05) is 12.9 Å². The molecule has 0 aliphatic heterocycles. The molecule has 0 radical (unpaired) electrons. The lowest BCUT2D eigenvalue weighted by molar-refractivity contribution is -0.109. The summed E-state index contributed by atoms with van der Waals surface area (Å²) in [7, 11) is 1.22. The molecule has 6 nitrogen and oxygen atoms in total. The van der Waals surface area contributed by atoms with Crippen LogP contribution in [0.2, 0.25) is 0 Å². The summed E-state index contributed by atoms with van der Waals surface area (Å²) in [6, 6.07) is 3.91. The van der Waals surface area contributed by atoms with Gasteiger partial charge in [0.05, 0.1) is 18.8 Å². The average molecular weight is 314 g/mol. The van der Waals surface area contributed by atoms with Gasteiger partial charge in [-0.15, -0.1) is 0 Å². The second-order valence-electron chi connectivity index (χ2n) is 4.41. The van der Waals surface area contributed by atoms with Crippen LogP contribution in [0.15, 0.2) is 18.2 Å². The Balaban J connectivity index is 2.75. The van der Waals surface area contributed by atoms with Crippen LogP contribution < -0.4 is 0 Å². The Morgan fingerprint density at radius 2 is 2.00 bits per heavy atom. The van der Waals surface area contributed by atoms with Gasteiger partial charge in [-0.1, -0.05) is 17.8 Å². The number of phenols is 1. The van der Waals surface area contributed by atoms with Crippen molar-refractivity contribution in [1.82, 2.24) is 0 Å². The highest BCUT2D eigenvalue weighted by molar-refractivity contribution is 8.13. The second kappa shape index (κ2) is 8.02. The number of esters is 1. The predicted molar refractivity (Wildman–Crippen MR) is 78.2 cm³/mol. The third-order valence-corrected chi connectivity index (χ3v) is 3.70. The van der Waals surface area contributed by atoms with E-state index >= 15 is 0 Å². The lowest BCUT2D eigenvalue weighted by Crippen LogP contribution is -2.19. The Hall–Kier alpha value is -1.57. The minimum Gasteiger partial charge on any atom is -0.508 e. The standard InChI is InChI=1S/C14H18O6S/c1-8(15)21-6-5-11(16)13(18)10-4-3-9(7-12(10)17)14(19)20-2/h3-4,7,11,13,16-18H,5-6H2,1-2H3. The van der Waals surface area contributed by atoms with Crippen molar-refractivity contribution < 1.29 is 29.6 Å². The summed E-state index contributed by atoms with van der Waals surface area (Å²) >= 11 is 1.05. The number of aliphatic hydroxyl groups excluding tert-OH is 2. The normalized spacial score (nSPS) is 13.5. The number of aliphatic hydroxyl groups is 2. The Morgan fingerprint density at radius 3 is 2.52 bits per heavy atom. The molecule has 1 aromatic carbocycles. The number of ether oxygens (including phenoxy) is 1. The van der Waals surface area contributed by atoms with Gasteiger partial charge in [-0.25, -0.2) is 4.79 Å². The molecule has 0 saturated carbocycles. The molecular formula is C14H18O6S. The molecule has 0 amide bonds. The molecule has 116 valence electrons. The maximum absolute atomic E-state index is 11.3. The lowest BCUT2D eigenvalue weighted by atomic mass is 10.00. The van der Waals surface area contributed by atoms with E-state index in [9.17, 15) is 24.9 Å². The van der Waals surface area contributed by atoms with Crippen LogP contribution in [0, 0.1) is 0 Å². The molecule has 0 aliphatic rings. The first-order valence-electron chi connectivity index (χ1n) is 6.27. The molecule has 0 heterocycles. The average Bonchev–Trinajstić information content (AvgIpc) is 2.45. The van der Waals surface area contributed by atoms with E-state index in [2.05, 4.69) is 4.74 Å². The van der Waals surface area contributed by atoms with Crippen molar-refractivity contribution in [2.45, 2.75) is 25.6 Å². The van der Waals surface area contributed by atoms with Crippen LogP contribution in [0.25, 0.3) is 0 Å². The van der Waals surface area contributed by atoms with Gasteiger partial charge >= 0.3 is 5.97 Å². The van der Waals surface area contributed by atoms with E-state index in [1.54, 1.807) is 0 Å². The lowest BCUT2D eigenvalue weighted by Gasteiger charge is -2.19. The number of aromatic hydroxyl groups is 1. The molecule has 2 unspecified atom stereocenters. The molecule has 0 spiro atoms. The summed E-state index contributed by atoms with van der Waals surface area (Å²) < 4.78 is 4.52. The van der Waals surface area contributed by atoms with Crippen LogP contribution in [-0.4, -0.2) is 45.4 Å². The van der Waals surface area contributed by atoms with Gasteiger partial charge in [0.25, 0.3) is 0 Å². The Labute approximate surface area is 126 Å². The topological polar surface area (TPSA) is 104 Å². The van der Waals surface area contributed by atoms with Gasteiger partial charge in [0, 0.05) is 18.2 Å². The summed E-state index contributed by atoms with van der Waals surface area (Å²) in [6.45, 7) is 1.42. The monoisotopic (exact) mass is 314 g/mol. The van der Waals surface area contributed by atoms with E-state index in [1.807, 2.05) is 0 Å². The fraction of sp³-hybridized carbons (Fsp3) is 0.429. The zero-order valence-electron chi connectivity index (χ0n) is 11.8. The maximum Gasteiger partial charge on any atom is 0.337 e. The third-order valence-electron chi connectivity index (χ3n) is 2.85. The van der Waals surface area contributed by atoms with Crippen LogP contribution in [0.5, 0.6) is 5.75 Å². The van der Waals surface area contributed by atoms with Crippen LogP contribution in [0.4, 0.5) is 0 Å². The molecule has 2 atom stereocenters. The number of methoxy groups -OCH3 is 1. The molecule has 0 fully saturated rings. The zero-order chi connectivity index (χ0) is 16.0. The van der Waals surface area contributed by atoms with Crippen molar-refractivity contribution in [3.63, 3.8) is 0 Å². The van der Waals surface area contributed by atoms with Crippen LogP contribution in [-0.2, 0) is 9.53 Å². The second-order valence-corrected chi connectivity index (χ2v) is 5.68. The molecular weight excluding hydrogens is 296 g/mol. The maximum atomic E-state index is 11.3. The molecule has 7 heteroatoms. The molecule has 0 bridgehead atoms. The summed E-state index contributed by atoms with van der Waals surface area (Å²) in [6.07, 6.45) is -2.22. The highest BCUT2D eigenvalue weighted by Gasteiger charge is 2.22. The molecule has 21 heavy (non-hydrogen) atoms. The van der Waals surface area contributed by atoms with Gasteiger partial charge in [-0.2, -0.15) is 0 Å². The molecule has 0 aromatic heterocycles. The van der Waals surface area contributed by atoms with E-state index in [1.165, 1.54) is 32.2 Å². The van der Waals surface area contributed by atoms with Gasteiger partial charge in [0.15, 0.2) is 5.12 Å². The number of rotatable bonds is 6. The summed E-state index contributed by atoms with van der Waals surface area (Å²) in [4.78, 5) is 22.1. The van der Waals surface area contributed by atoms with Gasteiger partial charge in [0.1, 0.15) is 11.9 Å². The summed E-state index contributed by atoms with van der Waals surface area (Å²) in [5.74, 6) is -0.539. The number of thioether (sulfide) groups is 1. The fourth-order valence-electron chi connectivity index (χ4n) is 1.73. The Morgan fingerprint density at radius 1 is 1.33 bits per heavy atom. The van der Waals surface area contributed by atoms with Crippen LogP contribution >= 0.6 is 11.8 Å². The minimum absolute atomic E-state index is 0.0676. The Bertz CT molecular complexity index is 516. The predicted octanol–water partition coefficient (Wildman–Crippen LogP) is 1.24. The van der Waals surface area contributed by atoms with Crippen molar-refractivity contribution in [3.05, 3.63) is 29.3 Å². The SMILES string of the molecule is COC(=O)c1ccc(C(O)C(O)CCSC(C)=O)c(O)c1. The fourth-order valence-corrected chi connectivity index (χ4v) is 2.37. The molecule has 1 aromatic rings. The molecule has 3 N–H and O–H groups in total. The van der Waals surface area contributed by atoms with Gasteiger partial charge < -0.3 is 20.1 Å². The number of carbonyl (C=O) groups excluding carboxylic acids is 2. The van der Waals surface area contributed by atoms with Gasteiger partial charge in [-0.3, -0.25) is 4.79 Å². The first-order valence-corrected chi connectivity index (χ1v) is 7.26. The van der Waals surface area contributed by atoms with Crippen molar-refractivity contribution in [1.29, 1.82) is 0 Å². The molecule has 0 saturated heterocycles. The first-order chi connectivity index (χ1) is 9.86. The van der Waals surface area contributed by atoms with E-state index in [0.717, 1.165) is 11.8 Å². The largest absolute Gasteiger partial charge is 0.508 e. The molecule has 0 aliphatic carbocycles.